The first-order valence-electron chi connectivity index (χ1n) is 6.87. The molecular weight excluding hydrogens is 418 g/mol. The predicted molar refractivity (Wildman–Crippen MR) is 99.1 cm³/mol. The Balaban J connectivity index is 2.19. The Labute approximate surface area is 156 Å². The Hall–Kier alpha value is -1.58. The number of carboxylic acids is 1. The normalized spacial score (nSPS) is 16.1. The van der Waals surface area contributed by atoms with E-state index in [9.17, 15) is 14.7 Å². The van der Waals surface area contributed by atoms with Crippen LogP contribution in [0.15, 0.2) is 21.5 Å². The van der Waals surface area contributed by atoms with Gasteiger partial charge in [-0.25, -0.2) is 0 Å². The number of carbonyl (C=O) groups excluding carboxylic acids is 1. The Morgan fingerprint density at radius 1 is 1.50 bits per heavy atom. The Bertz CT molecular complexity index is 735. The number of halogens is 1. The first-order valence-corrected chi connectivity index (χ1v) is 8.89. The van der Waals surface area contributed by atoms with E-state index in [1.165, 1.54) is 18.1 Å². The lowest BCUT2D eigenvalue weighted by Gasteiger charge is -2.13. The molecule has 128 valence electrons. The number of methoxy groups -OCH3 is 1. The second kappa shape index (κ2) is 8.00. The summed E-state index contributed by atoms with van der Waals surface area (Å²) in [6.45, 7) is 0.267. The molecule has 0 bridgehead atoms. The quantitative estimate of drug-likeness (QED) is 0.527. The predicted octanol–water partition coefficient (Wildman–Crippen LogP) is 3.23. The molecule has 0 saturated carbocycles. The standard InChI is InChI=1S/C15H14BrNO5S2/c1-22-11-7-9(16)8(5-10(11)18)6-12-14(21)17(15(23)24-12)4-2-3-13(19)20/h5-7,18H,2-4H2,1H3,(H,19,20). The third-order valence-corrected chi connectivity index (χ3v) is 5.30. The fourth-order valence-corrected chi connectivity index (χ4v) is 3.79. The van der Waals surface area contributed by atoms with Crippen molar-refractivity contribution >= 4 is 62.2 Å². The van der Waals surface area contributed by atoms with Gasteiger partial charge in [0.25, 0.3) is 5.91 Å². The summed E-state index contributed by atoms with van der Waals surface area (Å²) in [5, 5.41) is 18.5. The molecule has 1 amide bonds. The van der Waals surface area contributed by atoms with E-state index in [-0.39, 0.29) is 24.6 Å². The topological polar surface area (TPSA) is 87.1 Å². The molecule has 0 aromatic heterocycles. The van der Waals surface area contributed by atoms with Crippen LogP contribution in [0.25, 0.3) is 6.08 Å². The summed E-state index contributed by atoms with van der Waals surface area (Å²) < 4.78 is 6.07. The zero-order valence-corrected chi connectivity index (χ0v) is 15.8. The molecule has 9 heteroatoms. The number of amides is 1. The Morgan fingerprint density at radius 3 is 2.83 bits per heavy atom. The minimum atomic E-state index is -0.909. The first-order chi connectivity index (χ1) is 11.3. The van der Waals surface area contributed by atoms with Crippen LogP contribution in [0.1, 0.15) is 18.4 Å². The van der Waals surface area contributed by atoms with Crippen LogP contribution in [0.5, 0.6) is 11.5 Å². The molecule has 0 radical (unpaired) electrons. The summed E-state index contributed by atoms with van der Waals surface area (Å²) in [5.74, 6) is -0.893. The van der Waals surface area contributed by atoms with Crippen LogP contribution in [0.3, 0.4) is 0 Å². The number of hydrogen-bond donors (Lipinski definition) is 2. The number of thiocarbonyl (C=S) groups is 1. The zero-order valence-electron chi connectivity index (χ0n) is 12.6. The van der Waals surface area contributed by atoms with Crippen LogP contribution >= 0.6 is 39.9 Å². The number of aliphatic carboxylic acids is 1. The van der Waals surface area contributed by atoms with Gasteiger partial charge in [-0.3, -0.25) is 14.5 Å². The lowest BCUT2D eigenvalue weighted by atomic mass is 10.2. The molecule has 6 nitrogen and oxygen atoms in total. The Morgan fingerprint density at radius 2 is 2.21 bits per heavy atom. The second-order valence-electron chi connectivity index (χ2n) is 4.88. The lowest BCUT2D eigenvalue weighted by Crippen LogP contribution is -2.29. The van der Waals surface area contributed by atoms with Gasteiger partial charge in [-0.15, -0.1) is 0 Å². The molecule has 0 spiro atoms. The second-order valence-corrected chi connectivity index (χ2v) is 7.41. The number of rotatable bonds is 6. The van der Waals surface area contributed by atoms with Crippen LogP contribution in [-0.2, 0) is 9.59 Å². The lowest BCUT2D eigenvalue weighted by molar-refractivity contribution is -0.137. The summed E-state index contributed by atoms with van der Waals surface area (Å²) in [7, 11) is 1.45. The molecule has 1 aromatic carbocycles. The molecule has 1 aromatic rings. The highest BCUT2D eigenvalue weighted by Crippen LogP contribution is 2.37. The first kappa shape index (κ1) is 18.8. The van der Waals surface area contributed by atoms with Crippen molar-refractivity contribution in [1.29, 1.82) is 0 Å². The van der Waals surface area contributed by atoms with Crippen LogP contribution < -0.4 is 4.74 Å². The van der Waals surface area contributed by atoms with Crippen molar-refractivity contribution in [2.45, 2.75) is 12.8 Å². The van der Waals surface area contributed by atoms with Gasteiger partial charge < -0.3 is 14.9 Å². The van der Waals surface area contributed by atoms with Gasteiger partial charge in [0.1, 0.15) is 4.32 Å². The molecule has 1 fully saturated rings. The van der Waals surface area contributed by atoms with E-state index >= 15 is 0 Å². The highest BCUT2D eigenvalue weighted by Gasteiger charge is 2.31. The van der Waals surface area contributed by atoms with Gasteiger partial charge in [0, 0.05) is 17.4 Å². The molecule has 1 saturated heterocycles. The Kier molecular flexibility index (Phi) is 6.25. The smallest absolute Gasteiger partial charge is 0.303 e. The molecule has 2 N–H and O–H groups in total. The summed E-state index contributed by atoms with van der Waals surface area (Å²) in [4.78, 5) is 24.8. The van der Waals surface area contributed by atoms with Gasteiger partial charge in [0.05, 0.1) is 12.0 Å². The SMILES string of the molecule is COc1cc(Br)c(C=C2SC(=S)N(CCCC(=O)O)C2=O)cc1O. The number of phenolic OH excluding ortho intramolecular Hbond substituents is 1. The summed E-state index contributed by atoms with van der Waals surface area (Å²) in [5.41, 5.74) is 0.610. The fourth-order valence-electron chi connectivity index (χ4n) is 2.06. The minimum Gasteiger partial charge on any atom is -0.504 e. The number of nitrogens with zero attached hydrogens (tertiary/aromatic N) is 1. The number of ether oxygens (including phenoxy) is 1. The maximum atomic E-state index is 12.4. The average molecular weight is 432 g/mol. The number of aromatic hydroxyl groups is 1. The van der Waals surface area contributed by atoms with Gasteiger partial charge in [0.15, 0.2) is 11.5 Å². The number of benzene rings is 1. The molecule has 24 heavy (non-hydrogen) atoms. The van der Waals surface area contributed by atoms with Crippen molar-refractivity contribution < 1.29 is 24.5 Å². The van der Waals surface area contributed by atoms with E-state index in [1.807, 2.05) is 0 Å². The minimum absolute atomic E-state index is 0.0198. The average Bonchev–Trinajstić information content (AvgIpc) is 2.77. The summed E-state index contributed by atoms with van der Waals surface area (Å²) >= 11 is 9.70. The molecule has 1 heterocycles. The van der Waals surface area contributed by atoms with Crippen molar-refractivity contribution in [3.63, 3.8) is 0 Å². The molecule has 0 aliphatic carbocycles. The maximum Gasteiger partial charge on any atom is 0.303 e. The highest BCUT2D eigenvalue weighted by atomic mass is 79.9. The van der Waals surface area contributed by atoms with E-state index in [4.69, 9.17) is 22.1 Å². The van der Waals surface area contributed by atoms with Crippen molar-refractivity contribution in [2.75, 3.05) is 13.7 Å². The number of thioether (sulfide) groups is 1. The molecule has 0 atom stereocenters. The molecule has 0 unspecified atom stereocenters. The van der Waals surface area contributed by atoms with Crippen LogP contribution in [-0.4, -0.2) is 45.0 Å². The largest absolute Gasteiger partial charge is 0.504 e. The number of phenols is 1. The van der Waals surface area contributed by atoms with E-state index in [1.54, 1.807) is 12.1 Å². The van der Waals surface area contributed by atoms with E-state index < -0.39 is 5.97 Å². The van der Waals surface area contributed by atoms with Crippen molar-refractivity contribution in [3.05, 3.63) is 27.1 Å². The van der Waals surface area contributed by atoms with Crippen LogP contribution in [0, 0.1) is 0 Å². The van der Waals surface area contributed by atoms with Gasteiger partial charge in [-0.2, -0.15) is 0 Å². The van der Waals surface area contributed by atoms with Gasteiger partial charge >= 0.3 is 5.97 Å². The summed E-state index contributed by atoms with van der Waals surface area (Å²) in [6.07, 6.45) is 1.94. The number of hydrogen-bond acceptors (Lipinski definition) is 6. The van der Waals surface area contributed by atoms with Crippen molar-refractivity contribution in [1.82, 2.24) is 4.90 Å². The molecule has 2 rings (SSSR count). The molecule has 1 aliphatic rings. The summed E-state index contributed by atoms with van der Waals surface area (Å²) in [6, 6.07) is 3.09. The zero-order chi connectivity index (χ0) is 17.9. The van der Waals surface area contributed by atoms with Crippen LogP contribution in [0.4, 0.5) is 0 Å². The van der Waals surface area contributed by atoms with Crippen molar-refractivity contribution in [3.8, 4) is 11.5 Å². The number of carboxylic acid groups (broad SMARTS) is 1. The molecule has 1 aliphatic heterocycles. The van der Waals surface area contributed by atoms with Crippen LogP contribution in [0.2, 0.25) is 0 Å². The number of carbonyl (C=O) groups is 2. The van der Waals surface area contributed by atoms with Crippen molar-refractivity contribution in [2.24, 2.45) is 0 Å². The third-order valence-electron chi connectivity index (χ3n) is 3.23. The monoisotopic (exact) mass is 431 g/mol. The van der Waals surface area contributed by atoms with Gasteiger partial charge in [0.2, 0.25) is 0 Å². The molecular formula is C15H14BrNO5S2. The van der Waals surface area contributed by atoms with E-state index in [0.29, 0.717) is 31.4 Å². The highest BCUT2D eigenvalue weighted by molar-refractivity contribution is 9.10. The third kappa shape index (κ3) is 4.28. The maximum absolute atomic E-state index is 12.4. The fraction of sp³-hybridized carbons (Fsp3) is 0.267. The van der Waals surface area contributed by atoms with E-state index in [2.05, 4.69) is 15.9 Å². The van der Waals surface area contributed by atoms with Gasteiger partial charge in [-0.1, -0.05) is 39.9 Å². The van der Waals surface area contributed by atoms with Gasteiger partial charge in [-0.05, 0) is 30.2 Å². The van der Waals surface area contributed by atoms with E-state index in [0.717, 1.165) is 11.8 Å².